The number of carbonyl (C=O) groups excluding carboxylic acids is 1. The van der Waals surface area contributed by atoms with Crippen LogP contribution < -0.4 is 10.2 Å². The van der Waals surface area contributed by atoms with Gasteiger partial charge in [-0.05, 0) is 31.2 Å². The Labute approximate surface area is 143 Å². The molecule has 1 aliphatic rings. The molecule has 5 heteroatoms. The molecule has 3 rings (SSSR count). The van der Waals surface area contributed by atoms with Gasteiger partial charge in [-0.25, -0.2) is 4.98 Å². The van der Waals surface area contributed by atoms with Crippen LogP contribution in [0.1, 0.15) is 46.1 Å². The van der Waals surface area contributed by atoms with Gasteiger partial charge in [-0.2, -0.15) is 0 Å². The molecule has 1 amide bonds. The summed E-state index contributed by atoms with van der Waals surface area (Å²) in [5.41, 5.74) is 3.59. The van der Waals surface area contributed by atoms with E-state index in [0.29, 0.717) is 5.92 Å². The fourth-order valence-corrected chi connectivity index (χ4v) is 3.38. The van der Waals surface area contributed by atoms with Crippen LogP contribution in [0.25, 0.3) is 11.0 Å². The number of H-pyrrole nitrogens is 1. The first-order valence-electron chi connectivity index (χ1n) is 8.80. The molecule has 2 aromatic heterocycles. The van der Waals surface area contributed by atoms with Gasteiger partial charge in [0.05, 0.1) is 16.8 Å². The van der Waals surface area contributed by atoms with E-state index in [2.05, 4.69) is 34.0 Å². The van der Waals surface area contributed by atoms with Gasteiger partial charge in [-0.3, -0.25) is 4.79 Å². The Balaban J connectivity index is 2.06. The molecule has 2 aromatic rings. The van der Waals surface area contributed by atoms with Crippen molar-refractivity contribution in [2.75, 3.05) is 23.3 Å². The fraction of sp³-hybridized carbons (Fsp3) is 0.579. The number of rotatable bonds is 2. The monoisotopic (exact) mass is 328 g/mol. The van der Waals surface area contributed by atoms with Crippen molar-refractivity contribution in [2.24, 2.45) is 11.3 Å². The summed E-state index contributed by atoms with van der Waals surface area (Å²) in [6, 6.07) is 0. The number of aryl methyl sites for hydroxylation is 1. The summed E-state index contributed by atoms with van der Waals surface area (Å²) in [6.45, 7) is 12.3. The molecule has 1 saturated heterocycles. The highest BCUT2D eigenvalue weighted by Gasteiger charge is 2.25. The molecule has 1 aliphatic heterocycles. The summed E-state index contributed by atoms with van der Waals surface area (Å²) in [7, 11) is 0. The second-order valence-electron chi connectivity index (χ2n) is 8.11. The van der Waals surface area contributed by atoms with Gasteiger partial charge < -0.3 is 15.2 Å². The zero-order valence-corrected chi connectivity index (χ0v) is 15.4. The average molecular weight is 328 g/mol. The van der Waals surface area contributed by atoms with Crippen molar-refractivity contribution in [3.8, 4) is 0 Å². The second kappa shape index (κ2) is 6.11. The summed E-state index contributed by atoms with van der Waals surface area (Å²) in [6.07, 6.45) is 6.27. The van der Waals surface area contributed by atoms with Gasteiger partial charge in [-0.1, -0.05) is 27.7 Å². The van der Waals surface area contributed by atoms with Gasteiger partial charge in [0, 0.05) is 30.9 Å². The normalized spacial score (nSPS) is 18.9. The van der Waals surface area contributed by atoms with Crippen molar-refractivity contribution in [1.82, 2.24) is 9.97 Å². The molecule has 3 heterocycles. The van der Waals surface area contributed by atoms with Gasteiger partial charge >= 0.3 is 0 Å². The fourth-order valence-electron chi connectivity index (χ4n) is 3.38. The first kappa shape index (κ1) is 16.8. The van der Waals surface area contributed by atoms with E-state index < -0.39 is 5.41 Å². The number of pyridine rings is 1. The van der Waals surface area contributed by atoms with E-state index in [9.17, 15) is 4.79 Å². The number of aromatic amines is 1. The van der Waals surface area contributed by atoms with Crippen LogP contribution in [0.15, 0.2) is 12.4 Å². The largest absolute Gasteiger partial charge is 0.370 e. The predicted molar refractivity (Wildman–Crippen MR) is 99.5 cm³/mol. The third-order valence-corrected chi connectivity index (χ3v) is 4.76. The molecule has 0 aliphatic carbocycles. The lowest BCUT2D eigenvalue weighted by Gasteiger charge is -2.34. The number of anilines is 2. The van der Waals surface area contributed by atoms with E-state index >= 15 is 0 Å². The van der Waals surface area contributed by atoms with Gasteiger partial charge in [0.1, 0.15) is 5.65 Å². The Morgan fingerprint density at radius 1 is 1.42 bits per heavy atom. The second-order valence-corrected chi connectivity index (χ2v) is 8.11. The van der Waals surface area contributed by atoms with Crippen LogP contribution in [0.4, 0.5) is 11.4 Å². The third-order valence-electron chi connectivity index (χ3n) is 4.76. The smallest absolute Gasteiger partial charge is 0.229 e. The molecule has 0 saturated carbocycles. The van der Waals surface area contributed by atoms with Gasteiger partial charge in [0.25, 0.3) is 0 Å². The highest BCUT2D eigenvalue weighted by Crippen LogP contribution is 2.37. The van der Waals surface area contributed by atoms with Crippen LogP contribution in [0.2, 0.25) is 0 Å². The number of nitrogens with one attached hydrogen (secondary N) is 2. The highest BCUT2D eigenvalue weighted by molar-refractivity contribution is 6.08. The Bertz CT molecular complexity index is 757. The molecule has 0 aromatic carbocycles. The molecule has 0 bridgehead atoms. The van der Waals surface area contributed by atoms with Crippen molar-refractivity contribution in [1.29, 1.82) is 0 Å². The maximum Gasteiger partial charge on any atom is 0.229 e. The molecular weight excluding hydrogens is 300 g/mol. The van der Waals surface area contributed by atoms with Crippen LogP contribution >= 0.6 is 0 Å². The minimum Gasteiger partial charge on any atom is -0.370 e. The maximum absolute atomic E-state index is 12.4. The number of fused-ring (bicyclic) bond motifs is 1. The van der Waals surface area contributed by atoms with Crippen molar-refractivity contribution in [2.45, 2.75) is 47.5 Å². The first-order valence-corrected chi connectivity index (χ1v) is 8.80. The quantitative estimate of drug-likeness (QED) is 0.873. The lowest BCUT2D eigenvalue weighted by atomic mass is 9.95. The first-order chi connectivity index (χ1) is 11.3. The maximum atomic E-state index is 12.4. The number of amides is 1. The van der Waals surface area contributed by atoms with Gasteiger partial charge in [0.2, 0.25) is 5.91 Å². The number of aromatic nitrogens is 2. The Morgan fingerprint density at radius 2 is 2.17 bits per heavy atom. The van der Waals surface area contributed by atoms with Crippen LogP contribution in [-0.4, -0.2) is 29.0 Å². The van der Waals surface area contributed by atoms with E-state index in [1.54, 1.807) is 0 Å². The molecule has 1 atom stereocenters. The third kappa shape index (κ3) is 3.12. The minimum atomic E-state index is -0.430. The SMILES string of the molecule is Cc1cnc2[nH]cc(NC(=O)C(C)(C)C)c2c1N1CCCC(C)C1. The summed E-state index contributed by atoms with van der Waals surface area (Å²) in [5, 5.41) is 4.12. The lowest BCUT2D eigenvalue weighted by Crippen LogP contribution is -2.35. The molecule has 0 radical (unpaired) electrons. The lowest BCUT2D eigenvalue weighted by molar-refractivity contribution is -0.123. The van der Waals surface area contributed by atoms with Gasteiger partial charge in [0.15, 0.2) is 0 Å². The topological polar surface area (TPSA) is 61.0 Å². The van der Waals surface area contributed by atoms with E-state index in [-0.39, 0.29) is 5.91 Å². The Kier molecular flexibility index (Phi) is 4.28. The number of carbonyl (C=O) groups is 1. The minimum absolute atomic E-state index is 0.0165. The molecular formula is C19H28N4O. The number of hydrogen-bond donors (Lipinski definition) is 2. The molecule has 1 fully saturated rings. The van der Waals surface area contributed by atoms with E-state index in [4.69, 9.17) is 0 Å². The standard InChI is InChI=1S/C19H28N4O/c1-12-7-6-8-23(11-12)16-13(2)9-20-17-15(16)14(10-21-17)22-18(24)19(3,4)5/h9-10,12H,6-8,11H2,1-5H3,(H,20,21)(H,22,24). The van der Waals surface area contributed by atoms with E-state index in [1.165, 1.54) is 18.5 Å². The zero-order chi connectivity index (χ0) is 17.5. The highest BCUT2D eigenvalue weighted by atomic mass is 16.2. The summed E-state index contributed by atoms with van der Waals surface area (Å²) in [5.74, 6) is 0.704. The van der Waals surface area contributed by atoms with Gasteiger partial charge in [-0.15, -0.1) is 0 Å². The summed E-state index contributed by atoms with van der Waals surface area (Å²) < 4.78 is 0. The Morgan fingerprint density at radius 3 is 2.83 bits per heavy atom. The number of nitrogens with zero attached hydrogens (tertiary/aromatic N) is 2. The molecule has 130 valence electrons. The van der Waals surface area contributed by atoms with Crippen molar-refractivity contribution < 1.29 is 4.79 Å². The summed E-state index contributed by atoms with van der Waals surface area (Å²) >= 11 is 0. The molecule has 0 spiro atoms. The van der Waals surface area contributed by atoms with Crippen LogP contribution in [-0.2, 0) is 4.79 Å². The van der Waals surface area contributed by atoms with Crippen LogP contribution in [0.3, 0.4) is 0 Å². The molecule has 1 unspecified atom stereocenters. The van der Waals surface area contributed by atoms with E-state index in [0.717, 1.165) is 35.4 Å². The molecule has 2 N–H and O–H groups in total. The van der Waals surface area contributed by atoms with E-state index in [1.807, 2.05) is 33.2 Å². The number of piperidine rings is 1. The molecule has 24 heavy (non-hydrogen) atoms. The average Bonchev–Trinajstić information content (AvgIpc) is 2.89. The summed E-state index contributed by atoms with van der Waals surface area (Å²) in [4.78, 5) is 22.6. The number of hydrogen-bond acceptors (Lipinski definition) is 3. The van der Waals surface area contributed by atoms with Crippen molar-refractivity contribution >= 4 is 28.3 Å². The Hall–Kier alpha value is -2.04. The predicted octanol–water partition coefficient (Wildman–Crippen LogP) is 4.09. The zero-order valence-electron chi connectivity index (χ0n) is 15.4. The molecule has 5 nitrogen and oxygen atoms in total. The van der Waals surface area contributed by atoms with Crippen molar-refractivity contribution in [3.05, 3.63) is 18.0 Å². The van der Waals surface area contributed by atoms with Crippen LogP contribution in [0.5, 0.6) is 0 Å². The van der Waals surface area contributed by atoms with Crippen molar-refractivity contribution in [3.63, 3.8) is 0 Å². The van der Waals surface area contributed by atoms with Crippen LogP contribution in [0, 0.1) is 18.3 Å².